The number of hydrogen-bond donors (Lipinski definition) is 2. The molecular formula is C68H80N2O14. The van der Waals surface area contributed by atoms with Gasteiger partial charge >= 0.3 is 30.1 Å². The Bertz CT molecular complexity index is 3460. The fourth-order valence-electron chi connectivity index (χ4n) is 9.30. The van der Waals surface area contributed by atoms with Gasteiger partial charge in [0.15, 0.2) is 17.2 Å². The Morgan fingerprint density at radius 3 is 1.40 bits per heavy atom. The maximum absolute atomic E-state index is 15.9. The van der Waals surface area contributed by atoms with Crippen molar-refractivity contribution in [3.8, 4) is 23.0 Å². The van der Waals surface area contributed by atoms with Gasteiger partial charge in [-0.25, -0.2) is 19.2 Å². The molecule has 0 bridgehead atoms. The van der Waals surface area contributed by atoms with Gasteiger partial charge in [-0.2, -0.15) is 0 Å². The minimum atomic E-state index is -1.34. The number of allylic oxidation sites excluding steroid dienone is 4. The molecule has 0 aliphatic carbocycles. The highest BCUT2D eigenvalue weighted by atomic mass is 16.6. The monoisotopic (exact) mass is 1150 g/mol. The summed E-state index contributed by atoms with van der Waals surface area (Å²) in [6.07, 6.45) is 1.95. The first-order valence-electron chi connectivity index (χ1n) is 28.2. The molecule has 16 nitrogen and oxygen atoms in total. The van der Waals surface area contributed by atoms with Crippen molar-refractivity contribution >= 4 is 57.8 Å². The molecule has 0 unspecified atom stereocenters. The molecule has 0 radical (unpaired) electrons. The van der Waals surface area contributed by atoms with Crippen LogP contribution in [0.2, 0.25) is 0 Å². The highest BCUT2D eigenvalue weighted by Crippen LogP contribution is 2.43. The highest BCUT2D eigenvalue weighted by molar-refractivity contribution is 6.00. The fourth-order valence-corrected chi connectivity index (χ4v) is 9.30. The van der Waals surface area contributed by atoms with Gasteiger partial charge in [-0.15, -0.1) is 0 Å². The molecule has 0 saturated heterocycles. The van der Waals surface area contributed by atoms with Crippen molar-refractivity contribution in [1.82, 2.24) is 10.6 Å². The zero-order valence-corrected chi connectivity index (χ0v) is 50.9. The van der Waals surface area contributed by atoms with Gasteiger partial charge in [-0.3, -0.25) is 14.4 Å². The number of fused-ring (bicyclic) bond motifs is 2. The second-order valence-corrected chi connectivity index (χ2v) is 24.6. The number of carbonyl (C=O) groups is 6. The van der Waals surface area contributed by atoms with Gasteiger partial charge in [-0.1, -0.05) is 135 Å². The second kappa shape index (κ2) is 28.2. The van der Waals surface area contributed by atoms with E-state index < -0.39 is 70.1 Å². The molecule has 446 valence electrons. The Morgan fingerprint density at radius 2 is 0.964 bits per heavy atom. The molecule has 0 aliphatic heterocycles. The van der Waals surface area contributed by atoms with Crippen molar-refractivity contribution in [2.45, 2.75) is 158 Å². The SMILES string of the molecule is COc1c(OC(=O)[C@H](Cc2ccccc2)NC(=O)OC(C)(C)C)cc2oc3cc(OC(=O)[C@H](Cc4ccccc4)NC(=O)OC(C)(C)C)c(CC=C(C)C)c(OC(=O)[C@@H](CC(=O)CC(C)(C)C)Cc4ccccc4)c3c(=O)c2c1CC=C(C)C. The van der Waals surface area contributed by atoms with Crippen LogP contribution in [0, 0.1) is 11.3 Å². The topological polar surface area (TPSA) is 212 Å². The molecule has 6 aromatic rings. The third-order valence-electron chi connectivity index (χ3n) is 12.9. The zero-order valence-electron chi connectivity index (χ0n) is 50.9. The molecule has 3 atom stereocenters. The minimum Gasteiger partial charge on any atom is -0.493 e. The lowest BCUT2D eigenvalue weighted by Crippen LogP contribution is -2.46. The van der Waals surface area contributed by atoms with Crippen LogP contribution in [0.25, 0.3) is 21.9 Å². The van der Waals surface area contributed by atoms with Crippen LogP contribution < -0.4 is 35.0 Å². The molecule has 5 aromatic carbocycles. The number of ketones is 1. The normalized spacial score (nSPS) is 12.7. The van der Waals surface area contributed by atoms with Gasteiger partial charge < -0.3 is 43.5 Å². The predicted molar refractivity (Wildman–Crippen MR) is 324 cm³/mol. The van der Waals surface area contributed by atoms with Crippen molar-refractivity contribution in [1.29, 1.82) is 0 Å². The van der Waals surface area contributed by atoms with E-state index in [9.17, 15) is 24.0 Å². The van der Waals surface area contributed by atoms with E-state index in [1.807, 2.05) is 97.0 Å². The third-order valence-corrected chi connectivity index (χ3v) is 12.9. The second-order valence-electron chi connectivity index (χ2n) is 24.6. The molecule has 0 aliphatic rings. The van der Waals surface area contributed by atoms with Crippen LogP contribution in [0.15, 0.2) is 136 Å². The van der Waals surface area contributed by atoms with Gasteiger partial charge in [0, 0.05) is 48.9 Å². The van der Waals surface area contributed by atoms with Crippen LogP contribution in [0.3, 0.4) is 0 Å². The number of nitrogens with one attached hydrogen (secondary N) is 2. The lowest BCUT2D eigenvalue weighted by molar-refractivity contribution is -0.141. The lowest BCUT2D eigenvalue weighted by atomic mass is 9.85. The van der Waals surface area contributed by atoms with Crippen LogP contribution >= 0.6 is 0 Å². The molecule has 16 heteroatoms. The summed E-state index contributed by atoms with van der Waals surface area (Å²) in [5.74, 6) is -4.57. The van der Waals surface area contributed by atoms with Gasteiger partial charge in [0.2, 0.25) is 5.43 Å². The van der Waals surface area contributed by atoms with Crippen molar-refractivity contribution in [2.24, 2.45) is 11.3 Å². The summed E-state index contributed by atoms with van der Waals surface area (Å²) >= 11 is 0. The number of esters is 3. The van der Waals surface area contributed by atoms with Crippen LogP contribution in [-0.4, -0.2) is 66.3 Å². The molecule has 6 rings (SSSR count). The van der Waals surface area contributed by atoms with Crippen LogP contribution in [-0.2, 0) is 60.8 Å². The van der Waals surface area contributed by atoms with Gasteiger partial charge in [-0.05, 0) is 111 Å². The van der Waals surface area contributed by atoms with Crippen LogP contribution in [0.1, 0.15) is 131 Å². The third kappa shape index (κ3) is 19.0. The Kier molecular flexibility index (Phi) is 21.7. The van der Waals surface area contributed by atoms with E-state index in [2.05, 4.69) is 10.6 Å². The first-order chi connectivity index (χ1) is 39.5. The van der Waals surface area contributed by atoms with E-state index in [-0.39, 0.29) is 107 Å². The van der Waals surface area contributed by atoms with E-state index in [4.69, 9.17) is 32.8 Å². The van der Waals surface area contributed by atoms with E-state index >= 15 is 9.59 Å². The number of hydrogen-bond acceptors (Lipinski definition) is 14. The van der Waals surface area contributed by atoms with E-state index in [0.29, 0.717) is 11.1 Å². The Balaban J connectivity index is 1.65. The molecule has 1 heterocycles. The maximum atomic E-state index is 15.9. The van der Waals surface area contributed by atoms with Crippen LogP contribution in [0.4, 0.5) is 9.59 Å². The van der Waals surface area contributed by atoms with Gasteiger partial charge in [0.25, 0.3) is 0 Å². The van der Waals surface area contributed by atoms with Gasteiger partial charge in [0.05, 0.1) is 18.4 Å². The quantitative estimate of drug-likeness (QED) is 0.0280. The average molecular weight is 1150 g/mol. The Labute approximate surface area is 492 Å². The number of amides is 2. The van der Waals surface area contributed by atoms with Crippen molar-refractivity contribution in [3.05, 3.63) is 164 Å². The summed E-state index contributed by atoms with van der Waals surface area (Å²) in [5.41, 5.74) is 0.920. The van der Waals surface area contributed by atoms with Crippen molar-refractivity contribution in [2.75, 3.05) is 7.11 Å². The Morgan fingerprint density at radius 1 is 0.536 bits per heavy atom. The molecule has 0 saturated carbocycles. The number of alkyl carbamates (subject to hydrolysis) is 2. The average Bonchev–Trinajstić information content (AvgIpc) is 0.849. The summed E-state index contributed by atoms with van der Waals surface area (Å²) in [7, 11) is 1.36. The lowest BCUT2D eigenvalue weighted by Gasteiger charge is -2.24. The molecule has 2 N–H and O–H groups in total. The number of rotatable bonds is 22. The number of Topliss-reactive ketones (excluding diaryl/α,β-unsaturated/α-hetero) is 1. The number of ether oxygens (including phenoxy) is 6. The first kappa shape index (κ1) is 64.6. The van der Waals surface area contributed by atoms with E-state index in [1.54, 1.807) is 96.1 Å². The Hall–Kier alpha value is -8.53. The molecule has 0 spiro atoms. The van der Waals surface area contributed by atoms with E-state index in [1.165, 1.54) is 19.2 Å². The summed E-state index contributed by atoms with van der Waals surface area (Å²) < 4.78 is 43.0. The number of benzene rings is 5. The van der Waals surface area contributed by atoms with Crippen molar-refractivity contribution < 1.29 is 61.6 Å². The summed E-state index contributed by atoms with van der Waals surface area (Å²) in [5, 5.41) is 5.10. The maximum Gasteiger partial charge on any atom is 0.408 e. The highest BCUT2D eigenvalue weighted by Gasteiger charge is 2.35. The largest absolute Gasteiger partial charge is 0.493 e. The zero-order chi connectivity index (χ0) is 61.7. The number of carbonyl (C=O) groups excluding carboxylic acids is 6. The fraction of sp³-hybridized carbons (Fsp3) is 0.397. The molecule has 2 amide bonds. The predicted octanol–water partition coefficient (Wildman–Crippen LogP) is 13.2. The molecule has 0 fully saturated rings. The van der Waals surface area contributed by atoms with Gasteiger partial charge in [0.1, 0.15) is 51.4 Å². The summed E-state index contributed by atoms with van der Waals surface area (Å²) in [4.78, 5) is 101. The molecular weight excluding hydrogens is 1070 g/mol. The standard InChI is InChI=1S/C68H80N2O14/c1-41(2)30-32-48-52(80-62(74)50(35-44-26-20-16-21-27-44)69-64(76)83-67(8,9)10)38-54-57(60(48)82-61(73)46(34-43-24-18-15-19-25-43)37-47(71)40-66(5,6)7)58(72)56-49(33-31-42(3)4)59(78-14)55(39-53(56)79-54)81-63(75)51(36-45-28-22-17-23-29-45)70-65(77)84-68(11,12)13/h15-31,38-39,46,50-51H,32-37,40H2,1-14H3,(H,69,76)(H,70,77)/t46-,50+,51+/m1/s1. The van der Waals surface area contributed by atoms with Crippen molar-refractivity contribution in [3.63, 3.8) is 0 Å². The number of methoxy groups -OCH3 is 1. The summed E-state index contributed by atoms with van der Waals surface area (Å²) in [6, 6.07) is 27.2. The minimum absolute atomic E-state index is 0.00757. The molecule has 84 heavy (non-hydrogen) atoms. The first-order valence-corrected chi connectivity index (χ1v) is 28.2. The smallest absolute Gasteiger partial charge is 0.408 e. The summed E-state index contributed by atoms with van der Waals surface area (Å²) in [6.45, 7) is 23.4. The van der Waals surface area contributed by atoms with E-state index in [0.717, 1.165) is 16.7 Å². The van der Waals surface area contributed by atoms with Crippen LogP contribution in [0.5, 0.6) is 23.0 Å². The molecule has 1 aromatic heterocycles.